The lowest BCUT2D eigenvalue weighted by atomic mass is 9.66. The molecule has 0 heterocycles. The molecule has 0 unspecified atom stereocenters. The Morgan fingerprint density at radius 3 is 1.41 bits per heavy atom. The molecule has 1 aliphatic carbocycles. The van der Waals surface area contributed by atoms with Gasteiger partial charge in [0.25, 0.3) is 0 Å². The summed E-state index contributed by atoms with van der Waals surface area (Å²) in [5.74, 6) is -1.83. The number of hydrogen-bond donors (Lipinski definition) is 2. The van der Waals surface area contributed by atoms with Gasteiger partial charge < -0.3 is 10.2 Å². The molecule has 0 atom stereocenters. The van der Waals surface area contributed by atoms with Gasteiger partial charge in [-0.2, -0.15) is 0 Å². The lowest BCUT2D eigenvalue weighted by Gasteiger charge is -2.36. The predicted molar refractivity (Wildman–Crippen MR) is 188 cm³/mol. The molecule has 0 fully saturated rings. The lowest BCUT2D eigenvalue weighted by Crippen LogP contribution is -2.41. The third-order valence-corrected chi connectivity index (χ3v) is 8.22. The number of hydrogen-bond acceptors (Lipinski definition) is 4. The summed E-state index contributed by atoms with van der Waals surface area (Å²) < 4.78 is 0. The van der Waals surface area contributed by atoms with Crippen molar-refractivity contribution in [3.8, 4) is 0 Å². The number of aliphatic hydroxyl groups is 2. The Morgan fingerprint density at radius 1 is 0.659 bits per heavy atom. The van der Waals surface area contributed by atoms with Crippen molar-refractivity contribution in [3.63, 3.8) is 0 Å². The highest BCUT2D eigenvalue weighted by atomic mass is 16.3. The summed E-state index contributed by atoms with van der Waals surface area (Å²) in [6, 6.07) is 0. The average molecular weight is 605 g/mol. The molecule has 0 saturated carbocycles. The first-order chi connectivity index (χ1) is 20.5. The second-order valence-corrected chi connectivity index (χ2v) is 13.7. The second kappa shape index (κ2) is 18.6. The Balaban J connectivity index is 3.77. The fourth-order valence-corrected chi connectivity index (χ4v) is 5.22. The fourth-order valence-electron chi connectivity index (χ4n) is 5.22. The molecule has 2 N–H and O–H groups in total. The minimum atomic E-state index is -1.36. The Morgan fingerprint density at radius 2 is 1.05 bits per heavy atom. The Kier molecular flexibility index (Phi) is 16.5. The summed E-state index contributed by atoms with van der Waals surface area (Å²) in [5.41, 5.74) is 5.91. The lowest BCUT2D eigenvalue weighted by molar-refractivity contribution is -0.129. The standard InChI is InChI=1S/C40H60O4/c1-27(2)15-12-18-31(9)21-22-34-37(42)35(36(41)30(7)8)39(44)40(38(34)43,25-23-32(10)19-13-16-28(3)4)26-24-33(11)20-14-17-29(5)6/h15-17,21,23-24,30,42-43H,12-14,18-20,22,25-26H2,1-11H3/b31-21-,32-23+,33-24+. The van der Waals surface area contributed by atoms with Crippen molar-refractivity contribution in [1.29, 1.82) is 0 Å². The van der Waals surface area contributed by atoms with Gasteiger partial charge in [-0.3, -0.25) is 9.59 Å². The molecule has 44 heavy (non-hydrogen) atoms. The van der Waals surface area contributed by atoms with Crippen LogP contribution in [0.15, 0.2) is 92.6 Å². The van der Waals surface area contributed by atoms with E-state index < -0.39 is 17.1 Å². The maximum absolute atomic E-state index is 14.4. The van der Waals surface area contributed by atoms with Crippen molar-refractivity contribution in [2.24, 2.45) is 11.3 Å². The van der Waals surface area contributed by atoms with E-state index in [1.54, 1.807) is 13.8 Å². The van der Waals surface area contributed by atoms with Gasteiger partial charge in [0.15, 0.2) is 11.6 Å². The normalized spacial score (nSPS) is 16.0. The molecule has 0 aromatic heterocycles. The third kappa shape index (κ3) is 12.1. The summed E-state index contributed by atoms with van der Waals surface area (Å²) in [6.07, 6.45) is 18.7. The number of allylic oxidation sites excluding steroid dienone is 15. The molecule has 1 aliphatic rings. The number of ketones is 2. The fraction of sp³-hybridized carbons (Fsp3) is 0.550. The van der Waals surface area contributed by atoms with Crippen LogP contribution in [0.5, 0.6) is 0 Å². The summed E-state index contributed by atoms with van der Waals surface area (Å²) >= 11 is 0. The Hall–Kier alpha value is -3.14. The molecule has 4 nitrogen and oxygen atoms in total. The Bertz CT molecular complexity index is 1230. The minimum absolute atomic E-state index is 0.115. The van der Waals surface area contributed by atoms with Crippen LogP contribution in [0.2, 0.25) is 0 Å². The summed E-state index contributed by atoms with van der Waals surface area (Å²) in [7, 11) is 0. The van der Waals surface area contributed by atoms with E-state index >= 15 is 0 Å². The molecule has 0 saturated heterocycles. The van der Waals surface area contributed by atoms with Gasteiger partial charge >= 0.3 is 0 Å². The maximum atomic E-state index is 14.4. The molecule has 0 radical (unpaired) electrons. The highest BCUT2D eigenvalue weighted by Gasteiger charge is 2.50. The first-order valence-electron chi connectivity index (χ1n) is 16.4. The van der Waals surface area contributed by atoms with E-state index in [9.17, 15) is 19.8 Å². The van der Waals surface area contributed by atoms with E-state index in [1.165, 1.54) is 16.7 Å². The van der Waals surface area contributed by atoms with Crippen LogP contribution in [0.1, 0.15) is 134 Å². The Labute approximate surface area is 268 Å². The zero-order valence-corrected chi connectivity index (χ0v) is 29.6. The van der Waals surface area contributed by atoms with E-state index in [0.717, 1.165) is 55.2 Å². The maximum Gasteiger partial charge on any atom is 0.184 e. The zero-order chi connectivity index (χ0) is 33.6. The highest BCUT2D eigenvalue weighted by Crippen LogP contribution is 2.47. The molecule has 0 aromatic carbocycles. The van der Waals surface area contributed by atoms with Crippen molar-refractivity contribution >= 4 is 11.6 Å². The first kappa shape index (κ1) is 38.9. The van der Waals surface area contributed by atoms with Crippen LogP contribution in [0.25, 0.3) is 0 Å². The number of carbonyl (C=O) groups is 2. The molecular formula is C40H60O4. The van der Waals surface area contributed by atoms with E-state index in [-0.39, 0.29) is 47.7 Å². The molecule has 4 heteroatoms. The van der Waals surface area contributed by atoms with Crippen LogP contribution in [-0.2, 0) is 9.59 Å². The highest BCUT2D eigenvalue weighted by molar-refractivity contribution is 6.24. The first-order valence-corrected chi connectivity index (χ1v) is 16.4. The third-order valence-electron chi connectivity index (χ3n) is 8.22. The minimum Gasteiger partial charge on any atom is -0.511 e. The number of Topliss-reactive ketones (excluding diaryl/α,β-unsaturated/α-hetero) is 2. The molecule has 0 aliphatic heterocycles. The monoisotopic (exact) mass is 604 g/mol. The summed E-state index contributed by atoms with van der Waals surface area (Å²) in [5, 5.41) is 23.4. The smallest absolute Gasteiger partial charge is 0.184 e. The number of carbonyl (C=O) groups excluding carboxylic acids is 2. The van der Waals surface area contributed by atoms with Gasteiger partial charge in [0, 0.05) is 11.5 Å². The van der Waals surface area contributed by atoms with Crippen LogP contribution in [0.4, 0.5) is 0 Å². The van der Waals surface area contributed by atoms with Crippen LogP contribution >= 0.6 is 0 Å². The summed E-state index contributed by atoms with van der Waals surface area (Å²) in [4.78, 5) is 27.9. The molecular weight excluding hydrogens is 544 g/mol. The SMILES string of the molecule is CC(C)=CCC/C(C)=C\CC1=C(O)C(C/C=C(\C)CCC=C(C)C)(C/C=C(\C)CCC=C(C)C)C(=O)C(C(=O)C(C)C)=C1O. The van der Waals surface area contributed by atoms with Gasteiger partial charge in [0.05, 0.1) is 5.41 Å². The average Bonchev–Trinajstić information content (AvgIpc) is 2.92. The number of aliphatic hydroxyl groups excluding tert-OH is 2. The number of rotatable bonds is 17. The van der Waals surface area contributed by atoms with Crippen LogP contribution in [0, 0.1) is 11.3 Å². The van der Waals surface area contributed by atoms with Crippen molar-refractivity contribution in [1.82, 2.24) is 0 Å². The van der Waals surface area contributed by atoms with E-state index in [0.29, 0.717) is 0 Å². The van der Waals surface area contributed by atoms with Crippen LogP contribution in [-0.4, -0.2) is 21.8 Å². The van der Waals surface area contributed by atoms with E-state index in [2.05, 4.69) is 59.8 Å². The molecule has 1 rings (SSSR count). The zero-order valence-electron chi connectivity index (χ0n) is 29.6. The van der Waals surface area contributed by atoms with E-state index in [4.69, 9.17) is 0 Å². The van der Waals surface area contributed by atoms with Gasteiger partial charge in [0.2, 0.25) is 0 Å². The molecule has 244 valence electrons. The molecule has 0 bridgehead atoms. The van der Waals surface area contributed by atoms with Crippen molar-refractivity contribution in [2.45, 2.75) is 134 Å². The van der Waals surface area contributed by atoms with E-state index in [1.807, 2.05) is 39.0 Å². The quantitative estimate of drug-likeness (QED) is 0.128. The van der Waals surface area contributed by atoms with Gasteiger partial charge in [-0.25, -0.2) is 0 Å². The van der Waals surface area contributed by atoms with Gasteiger partial charge in [-0.15, -0.1) is 0 Å². The predicted octanol–water partition coefficient (Wildman–Crippen LogP) is 11.7. The van der Waals surface area contributed by atoms with Crippen molar-refractivity contribution in [3.05, 3.63) is 92.6 Å². The van der Waals surface area contributed by atoms with Crippen LogP contribution < -0.4 is 0 Å². The van der Waals surface area contributed by atoms with Gasteiger partial charge in [0.1, 0.15) is 17.1 Å². The van der Waals surface area contributed by atoms with Crippen molar-refractivity contribution < 1.29 is 19.8 Å². The molecule has 0 aromatic rings. The topological polar surface area (TPSA) is 74.6 Å². The second-order valence-electron chi connectivity index (χ2n) is 13.7. The summed E-state index contributed by atoms with van der Waals surface area (Å²) in [6.45, 7) is 22.1. The van der Waals surface area contributed by atoms with Gasteiger partial charge in [-0.1, -0.05) is 83.7 Å². The van der Waals surface area contributed by atoms with Crippen LogP contribution in [0.3, 0.4) is 0 Å². The van der Waals surface area contributed by atoms with Gasteiger partial charge in [-0.05, 0) is 120 Å². The molecule has 0 spiro atoms. The van der Waals surface area contributed by atoms with Crippen molar-refractivity contribution in [2.75, 3.05) is 0 Å². The molecule has 0 amide bonds. The largest absolute Gasteiger partial charge is 0.511 e.